The second kappa shape index (κ2) is 3.95. The lowest BCUT2D eigenvalue weighted by molar-refractivity contribution is 0.472. The van der Waals surface area contributed by atoms with E-state index < -0.39 is 0 Å². The molecule has 0 bridgehead atoms. The summed E-state index contributed by atoms with van der Waals surface area (Å²) in [6, 6.07) is 3.33. The topological polar surface area (TPSA) is 103 Å². The Hall–Kier alpha value is -2.70. The van der Waals surface area contributed by atoms with Crippen LogP contribution in [0.5, 0.6) is 5.75 Å². The quantitative estimate of drug-likeness (QED) is 0.680. The number of nitrogens with two attached hydrogens (primary N) is 1. The van der Waals surface area contributed by atoms with Crippen molar-refractivity contribution >= 4 is 17.0 Å². The minimum Gasteiger partial charge on any atom is -0.506 e. The highest BCUT2D eigenvalue weighted by Gasteiger charge is 2.08. The molecular weight excluding hydrogens is 232 g/mol. The number of hydrogen-bond donors (Lipinski definition) is 2. The van der Waals surface area contributed by atoms with E-state index in [9.17, 15) is 5.11 Å². The van der Waals surface area contributed by atoms with Crippen LogP contribution in [0.2, 0.25) is 0 Å². The van der Waals surface area contributed by atoms with Gasteiger partial charge in [0.15, 0.2) is 11.5 Å². The molecule has 7 nitrogen and oxygen atoms in total. The molecule has 0 spiro atoms. The monoisotopic (exact) mass is 242 g/mol. The number of nitrogen functional groups attached to an aromatic ring is 1. The molecule has 0 aliphatic rings. The molecule has 0 radical (unpaired) electrons. The Labute approximate surface area is 102 Å². The maximum atomic E-state index is 9.17. The predicted molar refractivity (Wildman–Crippen MR) is 64.7 cm³/mol. The van der Waals surface area contributed by atoms with E-state index in [2.05, 4.69) is 19.9 Å². The van der Waals surface area contributed by atoms with Crippen molar-refractivity contribution < 1.29 is 5.11 Å². The fourth-order valence-corrected chi connectivity index (χ4v) is 1.70. The number of anilines is 1. The van der Waals surface area contributed by atoms with Crippen molar-refractivity contribution in [3.05, 3.63) is 36.7 Å². The molecule has 0 fully saturated rings. The van der Waals surface area contributed by atoms with E-state index in [1.807, 2.05) is 4.57 Å². The molecular formula is C11H10N6O. The highest BCUT2D eigenvalue weighted by atomic mass is 16.3. The van der Waals surface area contributed by atoms with Crippen LogP contribution in [0.15, 0.2) is 31.0 Å². The highest BCUT2D eigenvalue weighted by molar-refractivity contribution is 5.81. The fraction of sp³-hybridized carbons (Fsp3) is 0.0909. The largest absolute Gasteiger partial charge is 0.506 e. The average molecular weight is 242 g/mol. The van der Waals surface area contributed by atoms with Gasteiger partial charge in [0.25, 0.3) is 0 Å². The summed E-state index contributed by atoms with van der Waals surface area (Å²) in [6.45, 7) is 0.507. The number of aromatic nitrogens is 5. The molecule has 7 heteroatoms. The number of hydrogen-bond acceptors (Lipinski definition) is 6. The molecule has 0 atom stereocenters. The van der Waals surface area contributed by atoms with Crippen LogP contribution in [0.25, 0.3) is 11.2 Å². The second-order valence-corrected chi connectivity index (χ2v) is 3.81. The Morgan fingerprint density at radius 2 is 2.06 bits per heavy atom. The third-order valence-corrected chi connectivity index (χ3v) is 2.57. The van der Waals surface area contributed by atoms with Crippen LogP contribution in [0.4, 0.5) is 5.82 Å². The molecule has 3 rings (SSSR count). The molecule has 3 heterocycles. The normalized spacial score (nSPS) is 10.9. The van der Waals surface area contributed by atoms with E-state index in [-0.39, 0.29) is 5.75 Å². The Kier molecular flexibility index (Phi) is 2.30. The van der Waals surface area contributed by atoms with Crippen molar-refractivity contribution in [3.8, 4) is 5.75 Å². The van der Waals surface area contributed by atoms with Crippen LogP contribution in [0.3, 0.4) is 0 Å². The van der Waals surface area contributed by atoms with Gasteiger partial charge >= 0.3 is 0 Å². The third kappa shape index (κ3) is 1.71. The lowest BCUT2D eigenvalue weighted by Gasteiger charge is -2.03. The van der Waals surface area contributed by atoms with Gasteiger partial charge in [-0.25, -0.2) is 15.0 Å². The Morgan fingerprint density at radius 1 is 1.17 bits per heavy atom. The summed E-state index contributed by atoms with van der Waals surface area (Å²) in [6.07, 6.45) is 4.45. The molecule has 18 heavy (non-hydrogen) atoms. The standard InChI is InChI=1S/C11H10N6O/c12-10-9-11(15-5-14-10)17(6-16-9)4-7-1-2-8(18)3-13-7/h1-3,5-6,18H,4H2,(H2,12,14,15). The summed E-state index contributed by atoms with van der Waals surface area (Å²) >= 11 is 0. The predicted octanol–water partition coefficient (Wildman–Crippen LogP) is 0.557. The van der Waals surface area contributed by atoms with Crippen LogP contribution in [0.1, 0.15) is 5.69 Å². The number of imidazole rings is 1. The second-order valence-electron chi connectivity index (χ2n) is 3.81. The van der Waals surface area contributed by atoms with Gasteiger partial charge in [0, 0.05) is 0 Å². The minimum atomic E-state index is 0.140. The van der Waals surface area contributed by atoms with Gasteiger partial charge in [0.1, 0.15) is 17.6 Å². The van der Waals surface area contributed by atoms with Crippen molar-refractivity contribution in [3.63, 3.8) is 0 Å². The van der Waals surface area contributed by atoms with Crippen molar-refractivity contribution in [1.29, 1.82) is 0 Å². The Morgan fingerprint density at radius 3 is 2.83 bits per heavy atom. The first-order valence-corrected chi connectivity index (χ1v) is 5.29. The molecule has 0 saturated carbocycles. The molecule has 3 aromatic heterocycles. The zero-order chi connectivity index (χ0) is 12.5. The summed E-state index contributed by atoms with van der Waals surface area (Å²) in [5, 5.41) is 9.17. The maximum absolute atomic E-state index is 9.17. The first-order valence-electron chi connectivity index (χ1n) is 5.29. The molecule has 0 aliphatic heterocycles. The Balaban J connectivity index is 2.00. The van der Waals surface area contributed by atoms with Crippen LogP contribution in [-0.2, 0) is 6.54 Å². The van der Waals surface area contributed by atoms with Gasteiger partial charge in [0.2, 0.25) is 0 Å². The SMILES string of the molecule is Nc1ncnc2c1ncn2Cc1ccc(O)cn1. The van der Waals surface area contributed by atoms with Gasteiger partial charge in [-0.05, 0) is 12.1 Å². The lowest BCUT2D eigenvalue weighted by Crippen LogP contribution is -2.02. The summed E-state index contributed by atoms with van der Waals surface area (Å²) in [5.41, 5.74) is 7.75. The van der Waals surface area contributed by atoms with E-state index in [4.69, 9.17) is 5.73 Å². The number of pyridine rings is 1. The van der Waals surface area contributed by atoms with E-state index in [1.54, 1.807) is 18.5 Å². The van der Waals surface area contributed by atoms with E-state index >= 15 is 0 Å². The molecule has 3 aromatic rings. The molecule has 0 aliphatic carbocycles. The van der Waals surface area contributed by atoms with Crippen LogP contribution >= 0.6 is 0 Å². The number of fused-ring (bicyclic) bond motifs is 1. The molecule has 0 aromatic carbocycles. The highest BCUT2D eigenvalue weighted by Crippen LogP contribution is 2.15. The van der Waals surface area contributed by atoms with Crippen LogP contribution < -0.4 is 5.73 Å². The summed E-state index contributed by atoms with van der Waals surface area (Å²) in [7, 11) is 0. The molecule has 90 valence electrons. The van der Waals surface area contributed by atoms with E-state index in [1.165, 1.54) is 12.5 Å². The summed E-state index contributed by atoms with van der Waals surface area (Å²) in [5.74, 6) is 0.498. The third-order valence-electron chi connectivity index (χ3n) is 2.57. The van der Waals surface area contributed by atoms with Crippen LogP contribution in [0, 0.1) is 0 Å². The van der Waals surface area contributed by atoms with Crippen LogP contribution in [-0.4, -0.2) is 29.6 Å². The molecule has 3 N–H and O–H groups in total. The smallest absolute Gasteiger partial charge is 0.165 e. The number of rotatable bonds is 2. The van der Waals surface area contributed by atoms with E-state index in [0.717, 1.165) is 5.69 Å². The van der Waals surface area contributed by atoms with Gasteiger partial charge in [-0.15, -0.1) is 0 Å². The molecule has 0 amide bonds. The number of nitrogens with zero attached hydrogens (tertiary/aromatic N) is 5. The molecule has 0 saturated heterocycles. The summed E-state index contributed by atoms with van der Waals surface area (Å²) < 4.78 is 1.83. The average Bonchev–Trinajstić information content (AvgIpc) is 2.77. The van der Waals surface area contributed by atoms with E-state index in [0.29, 0.717) is 23.5 Å². The van der Waals surface area contributed by atoms with Gasteiger partial charge < -0.3 is 15.4 Å². The first kappa shape index (κ1) is 10.5. The number of aromatic hydroxyl groups is 1. The Bertz CT molecular complexity index is 690. The fourth-order valence-electron chi connectivity index (χ4n) is 1.70. The van der Waals surface area contributed by atoms with Gasteiger partial charge in [-0.2, -0.15) is 0 Å². The van der Waals surface area contributed by atoms with Crippen molar-refractivity contribution in [2.24, 2.45) is 0 Å². The van der Waals surface area contributed by atoms with Crippen molar-refractivity contribution in [1.82, 2.24) is 24.5 Å². The van der Waals surface area contributed by atoms with Gasteiger partial charge in [-0.3, -0.25) is 4.98 Å². The lowest BCUT2D eigenvalue weighted by atomic mass is 10.3. The zero-order valence-electron chi connectivity index (χ0n) is 9.35. The van der Waals surface area contributed by atoms with Gasteiger partial charge in [-0.1, -0.05) is 0 Å². The van der Waals surface area contributed by atoms with Gasteiger partial charge in [0.05, 0.1) is 24.8 Å². The minimum absolute atomic E-state index is 0.140. The van der Waals surface area contributed by atoms with Crippen molar-refractivity contribution in [2.45, 2.75) is 6.54 Å². The summed E-state index contributed by atoms with van der Waals surface area (Å²) in [4.78, 5) is 16.3. The maximum Gasteiger partial charge on any atom is 0.165 e. The molecule has 0 unspecified atom stereocenters. The first-order chi connectivity index (χ1) is 8.74. The van der Waals surface area contributed by atoms with Crippen molar-refractivity contribution in [2.75, 3.05) is 5.73 Å². The zero-order valence-corrected chi connectivity index (χ0v) is 9.35.